The SMILES string of the molecule is COc1cc2ncnc(Nc3ncccc3Cl)c2cc1OCCCN1CCOCC1. The van der Waals surface area contributed by atoms with Crippen molar-refractivity contribution in [3.8, 4) is 11.5 Å². The fourth-order valence-corrected chi connectivity index (χ4v) is 3.49. The summed E-state index contributed by atoms with van der Waals surface area (Å²) in [5, 5.41) is 4.49. The highest BCUT2D eigenvalue weighted by molar-refractivity contribution is 6.33. The number of hydrogen-bond donors (Lipinski definition) is 1. The number of benzene rings is 1. The molecule has 1 aromatic carbocycles. The number of pyridine rings is 1. The Hall–Kier alpha value is -2.68. The molecular formula is C21H24ClN5O3. The maximum absolute atomic E-state index is 6.23. The Morgan fingerprint density at radius 1 is 1.13 bits per heavy atom. The largest absolute Gasteiger partial charge is 0.493 e. The molecule has 1 aliphatic rings. The Morgan fingerprint density at radius 2 is 2.00 bits per heavy atom. The van der Waals surface area contributed by atoms with Gasteiger partial charge in [-0.1, -0.05) is 11.6 Å². The maximum Gasteiger partial charge on any atom is 0.162 e. The van der Waals surface area contributed by atoms with Crippen LogP contribution in [-0.2, 0) is 4.74 Å². The number of ether oxygens (including phenoxy) is 3. The molecule has 0 spiro atoms. The van der Waals surface area contributed by atoms with Crippen molar-refractivity contribution in [1.82, 2.24) is 19.9 Å². The Balaban J connectivity index is 1.51. The van der Waals surface area contributed by atoms with E-state index < -0.39 is 0 Å². The van der Waals surface area contributed by atoms with E-state index in [-0.39, 0.29) is 0 Å². The van der Waals surface area contributed by atoms with Gasteiger partial charge in [0.1, 0.15) is 18.0 Å². The quantitative estimate of drug-likeness (QED) is 0.544. The van der Waals surface area contributed by atoms with Gasteiger partial charge in [0.2, 0.25) is 0 Å². The summed E-state index contributed by atoms with van der Waals surface area (Å²) in [4.78, 5) is 15.4. The van der Waals surface area contributed by atoms with Gasteiger partial charge in [-0.2, -0.15) is 0 Å². The van der Waals surface area contributed by atoms with Crippen LogP contribution in [-0.4, -0.2) is 66.4 Å². The highest BCUT2D eigenvalue weighted by Crippen LogP contribution is 2.35. The van der Waals surface area contributed by atoms with E-state index in [9.17, 15) is 0 Å². The Bertz CT molecular complexity index is 998. The average Bonchev–Trinajstić information content (AvgIpc) is 2.78. The fourth-order valence-electron chi connectivity index (χ4n) is 3.32. The molecule has 0 atom stereocenters. The lowest BCUT2D eigenvalue weighted by atomic mass is 10.2. The molecule has 0 bridgehead atoms. The predicted molar refractivity (Wildman–Crippen MR) is 116 cm³/mol. The summed E-state index contributed by atoms with van der Waals surface area (Å²) < 4.78 is 16.9. The van der Waals surface area contributed by atoms with E-state index in [0.29, 0.717) is 34.8 Å². The number of aromatic nitrogens is 3. The molecule has 0 aliphatic carbocycles. The molecule has 8 nitrogen and oxygen atoms in total. The van der Waals surface area contributed by atoms with Gasteiger partial charge in [-0.05, 0) is 24.6 Å². The van der Waals surface area contributed by atoms with Gasteiger partial charge in [0.25, 0.3) is 0 Å². The Morgan fingerprint density at radius 3 is 2.80 bits per heavy atom. The molecule has 0 unspecified atom stereocenters. The van der Waals surface area contributed by atoms with Crippen molar-refractivity contribution >= 4 is 34.1 Å². The summed E-state index contributed by atoms with van der Waals surface area (Å²) in [7, 11) is 1.62. The maximum atomic E-state index is 6.23. The predicted octanol–water partition coefficient (Wildman–Crippen LogP) is 3.53. The van der Waals surface area contributed by atoms with Crippen LogP contribution < -0.4 is 14.8 Å². The lowest BCUT2D eigenvalue weighted by molar-refractivity contribution is 0.0357. The van der Waals surface area contributed by atoms with Crippen molar-refractivity contribution in [2.45, 2.75) is 6.42 Å². The summed E-state index contributed by atoms with van der Waals surface area (Å²) in [5.41, 5.74) is 0.733. The van der Waals surface area contributed by atoms with Crippen LogP contribution in [0.4, 0.5) is 11.6 Å². The summed E-state index contributed by atoms with van der Waals surface area (Å²) in [6.07, 6.45) is 4.08. The van der Waals surface area contributed by atoms with Crippen molar-refractivity contribution < 1.29 is 14.2 Å². The molecule has 2 aromatic heterocycles. The molecule has 9 heteroatoms. The van der Waals surface area contributed by atoms with Gasteiger partial charge >= 0.3 is 0 Å². The third kappa shape index (κ3) is 4.89. The number of methoxy groups -OCH3 is 1. The Kier molecular flexibility index (Phi) is 6.78. The molecule has 3 heterocycles. The minimum Gasteiger partial charge on any atom is -0.493 e. The second kappa shape index (κ2) is 9.88. The number of morpholine rings is 1. The van der Waals surface area contributed by atoms with Crippen LogP contribution >= 0.6 is 11.6 Å². The van der Waals surface area contributed by atoms with Crippen molar-refractivity contribution in [3.63, 3.8) is 0 Å². The van der Waals surface area contributed by atoms with E-state index in [4.69, 9.17) is 25.8 Å². The zero-order valence-electron chi connectivity index (χ0n) is 16.8. The van der Waals surface area contributed by atoms with Gasteiger partial charge in [0, 0.05) is 37.3 Å². The van der Waals surface area contributed by atoms with Crippen molar-refractivity contribution in [2.24, 2.45) is 0 Å². The standard InChI is InChI=1S/C21H24ClN5O3/c1-28-18-13-17-15(12-19(18)30-9-3-6-27-7-10-29-11-8-27)20(25-14-24-17)26-21-16(22)4-2-5-23-21/h2,4-5,12-14H,3,6-11H2,1H3,(H,23,24,25,26). The number of rotatable bonds is 8. The van der Waals surface area contributed by atoms with Crippen LogP contribution in [0.25, 0.3) is 10.9 Å². The summed E-state index contributed by atoms with van der Waals surface area (Å²) in [6.45, 7) is 5.11. The highest BCUT2D eigenvalue weighted by atomic mass is 35.5. The number of hydrogen-bond acceptors (Lipinski definition) is 8. The molecular weight excluding hydrogens is 406 g/mol. The normalized spacial score (nSPS) is 14.6. The van der Waals surface area contributed by atoms with Crippen LogP contribution in [0.15, 0.2) is 36.8 Å². The van der Waals surface area contributed by atoms with Crippen LogP contribution in [0.3, 0.4) is 0 Å². The zero-order valence-corrected chi connectivity index (χ0v) is 17.6. The minimum atomic E-state index is 0.511. The molecule has 1 aliphatic heterocycles. The average molecular weight is 430 g/mol. The smallest absolute Gasteiger partial charge is 0.162 e. The second-order valence-corrected chi connectivity index (χ2v) is 7.26. The van der Waals surface area contributed by atoms with Gasteiger partial charge in [-0.3, -0.25) is 4.90 Å². The first kappa shape index (κ1) is 20.6. The van der Waals surface area contributed by atoms with Gasteiger partial charge in [-0.15, -0.1) is 0 Å². The van der Waals surface area contributed by atoms with Crippen LogP contribution in [0.2, 0.25) is 5.02 Å². The van der Waals surface area contributed by atoms with E-state index >= 15 is 0 Å². The topological polar surface area (TPSA) is 81.6 Å². The molecule has 30 heavy (non-hydrogen) atoms. The van der Waals surface area contributed by atoms with E-state index in [1.165, 1.54) is 6.33 Å². The van der Waals surface area contributed by atoms with E-state index in [2.05, 4.69) is 25.2 Å². The van der Waals surface area contributed by atoms with Crippen LogP contribution in [0.1, 0.15) is 6.42 Å². The molecule has 3 aromatic rings. The van der Waals surface area contributed by atoms with E-state index in [0.717, 1.165) is 50.2 Å². The molecule has 0 radical (unpaired) electrons. The lowest BCUT2D eigenvalue weighted by Gasteiger charge is -2.26. The lowest BCUT2D eigenvalue weighted by Crippen LogP contribution is -2.37. The molecule has 0 saturated carbocycles. The van der Waals surface area contributed by atoms with Crippen LogP contribution in [0.5, 0.6) is 11.5 Å². The zero-order chi connectivity index (χ0) is 20.8. The van der Waals surface area contributed by atoms with E-state index in [1.54, 1.807) is 25.4 Å². The summed E-state index contributed by atoms with van der Waals surface area (Å²) >= 11 is 6.23. The first-order valence-electron chi connectivity index (χ1n) is 9.88. The molecule has 1 fully saturated rings. The first-order valence-corrected chi connectivity index (χ1v) is 10.3. The van der Waals surface area contributed by atoms with Crippen LogP contribution in [0, 0.1) is 0 Å². The molecule has 1 N–H and O–H groups in total. The third-order valence-electron chi connectivity index (χ3n) is 4.90. The van der Waals surface area contributed by atoms with E-state index in [1.807, 2.05) is 12.1 Å². The monoisotopic (exact) mass is 429 g/mol. The van der Waals surface area contributed by atoms with Crippen molar-refractivity contribution in [3.05, 3.63) is 41.8 Å². The first-order chi connectivity index (χ1) is 14.7. The van der Waals surface area contributed by atoms with Crippen molar-refractivity contribution in [1.29, 1.82) is 0 Å². The molecule has 158 valence electrons. The Labute approximate surface area is 180 Å². The fraction of sp³-hybridized carbons (Fsp3) is 0.381. The minimum absolute atomic E-state index is 0.511. The number of nitrogens with one attached hydrogen (secondary N) is 1. The highest BCUT2D eigenvalue weighted by Gasteiger charge is 2.14. The summed E-state index contributed by atoms with van der Waals surface area (Å²) in [6, 6.07) is 7.28. The van der Waals surface area contributed by atoms with Gasteiger partial charge in [0.05, 0.1) is 37.5 Å². The van der Waals surface area contributed by atoms with Gasteiger partial charge in [-0.25, -0.2) is 15.0 Å². The third-order valence-corrected chi connectivity index (χ3v) is 5.20. The van der Waals surface area contributed by atoms with Crippen molar-refractivity contribution in [2.75, 3.05) is 51.9 Å². The van der Waals surface area contributed by atoms with Gasteiger partial charge < -0.3 is 19.5 Å². The second-order valence-electron chi connectivity index (χ2n) is 6.86. The molecule has 0 amide bonds. The summed E-state index contributed by atoms with van der Waals surface area (Å²) in [5.74, 6) is 2.41. The van der Waals surface area contributed by atoms with Gasteiger partial charge in [0.15, 0.2) is 11.5 Å². The molecule has 1 saturated heterocycles. The molecule has 4 rings (SSSR count). The number of halogens is 1. The number of nitrogens with zero attached hydrogens (tertiary/aromatic N) is 4. The number of anilines is 2. The number of fused-ring (bicyclic) bond motifs is 1.